The van der Waals surface area contributed by atoms with Gasteiger partial charge in [0.1, 0.15) is 0 Å². The highest BCUT2D eigenvalue weighted by molar-refractivity contribution is 9.10. The van der Waals surface area contributed by atoms with E-state index in [-0.39, 0.29) is 5.91 Å². The molecule has 2 aromatic rings. The summed E-state index contributed by atoms with van der Waals surface area (Å²) in [4.78, 5) is 11.8. The molecule has 0 aromatic heterocycles. The Kier molecular flexibility index (Phi) is 4.77. The second-order valence-electron chi connectivity index (χ2n) is 3.86. The van der Waals surface area contributed by atoms with Crippen LogP contribution in [0.25, 0.3) is 6.08 Å². The van der Waals surface area contributed by atoms with Crippen molar-refractivity contribution in [3.63, 3.8) is 0 Å². The lowest BCUT2D eigenvalue weighted by atomic mass is 10.2. The largest absolute Gasteiger partial charge is 0.321 e. The molecule has 0 heterocycles. The summed E-state index contributed by atoms with van der Waals surface area (Å²) in [5.41, 5.74) is 1.62. The Labute approximate surface area is 125 Å². The molecule has 2 rings (SSSR count). The summed E-state index contributed by atoms with van der Waals surface area (Å²) in [6.45, 7) is 0. The number of hydrogen-bond donors (Lipinski definition) is 1. The van der Waals surface area contributed by atoms with E-state index >= 15 is 0 Å². The van der Waals surface area contributed by atoms with Crippen molar-refractivity contribution in [1.82, 2.24) is 0 Å². The average Bonchev–Trinajstić information content (AvgIpc) is 2.42. The van der Waals surface area contributed by atoms with E-state index in [1.54, 1.807) is 24.3 Å². The zero-order chi connectivity index (χ0) is 13.7. The fraction of sp³-hybridized carbons (Fsp3) is 0. The molecule has 0 atom stereocenters. The van der Waals surface area contributed by atoms with Gasteiger partial charge in [-0.05, 0) is 45.8 Å². The molecule has 2 nitrogen and oxygen atoms in total. The van der Waals surface area contributed by atoms with Crippen molar-refractivity contribution in [2.75, 3.05) is 5.32 Å². The fourth-order valence-corrected chi connectivity index (χ4v) is 2.02. The molecular weight excluding hydrogens is 326 g/mol. The van der Waals surface area contributed by atoms with Crippen molar-refractivity contribution < 1.29 is 4.79 Å². The summed E-state index contributed by atoms with van der Waals surface area (Å²) >= 11 is 9.24. The maximum Gasteiger partial charge on any atom is 0.248 e. The van der Waals surface area contributed by atoms with E-state index in [9.17, 15) is 4.79 Å². The molecule has 1 N–H and O–H groups in total. The standard InChI is InChI=1S/C15H11BrClNO/c16-13-8-7-12(17)10-14(13)18-15(19)9-6-11-4-2-1-3-5-11/h1-10H,(H,18,19). The van der Waals surface area contributed by atoms with Crippen molar-refractivity contribution in [2.45, 2.75) is 0 Å². The Balaban J connectivity index is 2.06. The van der Waals surface area contributed by atoms with Crippen LogP contribution in [-0.4, -0.2) is 5.91 Å². The van der Waals surface area contributed by atoms with Crippen LogP contribution in [0.1, 0.15) is 5.56 Å². The topological polar surface area (TPSA) is 29.1 Å². The second-order valence-corrected chi connectivity index (χ2v) is 5.15. The maximum atomic E-state index is 11.8. The summed E-state index contributed by atoms with van der Waals surface area (Å²) in [7, 11) is 0. The van der Waals surface area contributed by atoms with Gasteiger partial charge >= 0.3 is 0 Å². The van der Waals surface area contributed by atoms with Crippen LogP contribution in [0.4, 0.5) is 5.69 Å². The molecule has 4 heteroatoms. The lowest BCUT2D eigenvalue weighted by Crippen LogP contribution is -2.08. The first kappa shape index (κ1) is 13.8. The zero-order valence-corrected chi connectivity index (χ0v) is 12.3. The number of hydrogen-bond acceptors (Lipinski definition) is 1. The fourth-order valence-electron chi connectivity index (χ4n) is 1.50. The van der Waals surface area contributed by atoms with Gasteiger partial charge in [-0.25, -0.2) is 0 Å². The monoisotopic (exact) mass is 335 g/mol. The number of carbonyl (C=O) groups excluding carboxylic acids is 1. The van der Waals surface area contributed by atoms with E-state index in [0.717, 1.165) is 10.0 Å². The molecule has 19 heavy (non-hydrogen) atoms. The van der Waals surface area contributed by atoms with Crippen molar-refractivity contribution in [3.8, 4) is 0 Å². The van der Waals surface area contributed by atoms with Crippen LogP contribution in [0.2, 0.25) is 5.02 Å². The van der Waals surface area contributed by atoms with Crippen LogP contribution < -0.4 is 5.32 Å². The molecule has 0 aliphatic heterocycles. The minimum atomic E-state index is -0.202. The third-order valence-electron chi connectivity index (χ3n) is 2.41. The number of amides is 1. The molecule has 0 saturated carbocycles. The van der Waals surface area contributed by atoms with E-state index in [4.69, 9.17) is 11.6 Å². The van der Waals surface area contributed by atoms with Gasteiger partial charge in [0, 0.05) is 15.6 Å². The van der Waals surface area contributed by atoms with E-state index in [1.807, 2.05) is 30.3 Å². The Morgan fingerprint density at radius 2 is 1.89 bits per heavy atom. The predicted octanol–water partition coefficient (Wildman–Crippen LogP) is 4.75. The van der Waals surface area contributed by atoms with Gasteiger partial charge in [-0.1, -0.05) is 41.9 Å². The van der Waals surface area contributed by atoms with Crippen LogP contribution in [-0.2, 0) is 4.79 Å². The van der Waals surface area contributed by atoms with Gasteiger partial charge in [-0.3, -0.25) is 4.79 Å². The average molecular weight is 337 g/mol. The summed E-state index contributed by atoms with van der Waals surface area (Å²) < 4.78 is 0.790. The van der Waals surface area contributed by atoms with Crippen LogP contribution in [0.5, 0.6) is 0 Å². The first-order valence-electron chi connectivity index (χ1n) is 5.64. The van der Waals surface area contributed by atoms with E-state index in [2.05, 4.69) is 21.2 Å². The van der Waals surface area contributed by atoms with Crippen molar-refractivity contribution in [2.24, 2.45) is 0 Å². The van der Waals surface area contributed by atoms with E-state index in [1.165, 1.54) is 6.08 Å². The van der Waals surface area contributed by atoms with Crippen LogP contribution in [0.15, 0.2) is 59.1 Å². The predicted molar refractivity (Wildman–Crippen MR) is 83.3 cm³/mol. The van der Waals surface area contributed by atoms with Crippen LogP contribution in [0.3, 0.4) is 0 Å². The highest BCUT2D eigenvalue weighted by Gasteiger charge is 2.03. The van der Waals surface area contributed by atoms with Gasteiger partial charge in [0.2, 0.25) is 5.91 Å². The number of rotatable bonds is 3. The number of benzene rings is 2. The molecule has 0 saturated heterocycles. The highest BCUT2D eigenvalue weighted by Crippen LogP contribution is 2.25. The molecule has 0 bridgehead atoms. The summed E-state index contributed by atoms with van der Waals surface area (Å²) in [5, 5.41) is 3.34. The second kappa shape index (κ2) is 6.55. The Morgan fingerprint density at radius 3 is 2.63 bits per heavy atom. The Hall–Kier alpha value is -1.58. The van der Waals surface area contributed by atoms with Gasteiger partial charge in [0.25, 0.3) is 0 Å². The summed E-state index contributed by atoms with van der Waals surface area (Å²) in [6, 6.07) is 14.9. The molecule has 0 radical (unpaired) electrons. The summed E-state index contributed by atoms with van der Waals surface area (Å²) in [5.74, 6) is -0.202. The van der Waals surface area contributed by atoms with E-state index in [0.29, 0.717) is 10.7 Å². The molecule has 2 aromatic carbocycles. The number of nitrogens with one attached hydrogen (secondary N) is 1. The Morgan fingerprint density at radius 1 is 1.16 bits per heavy atom. The molecule has 0 unspecified atom stereocenters. The molecule has 0 aliphatic carbocycles. The van der Waals surface area contributed by atoms with Gasteiger partial charge in [0.05, 0.1) is 5.69 Å². The number of anilines is 1. The smallest absolute Gasteiger partial charge is 0.248 e. The normalized spacial score (nSPS) is 10.6. The molecule has 0 aliphatic rings. The highest BCUT2D eigenvalue weighted by atomic mass is 79.9. The van der Waals surface area contributed by atoms with E-state index < -0.39 is 0 Å². The first-order chi connectivity index (χ1) is 9.15. The van der Waals surface area contributed by atoms with Gasteiger partial charge < -0.3 is 5.32 Å². The van der Waals surface area contributed by atoms with Crippen LogP contribution >= 0.6 is 27.5 Å². The van der Waals surface area contributed by atoms with Crippen molar-refractivity contribution in [3.05, 3.63) is 69.7 Å². The minimum absolute atomic E-state index is 0.202. The maximum absolute atomic E-state index is 11.8. The SMILES string of the molecule is O=C(C=Cc1ccccc1)Nc1cc(Cl)ccc1Br. The van der Waals surface area contributed by atoms with Crippen molar-refractivity contribution in [1.29, 1.82) is 0 Å². The van der Waals surface area contributed by atoms with Gasteiger partial charge in [0.15, 0.2) is 0 Å². The number of carbonyl (C=O) groups is 1. The molecular formula is C15H11BrClNO. The summed E-state index contributed by atoms with van der Waals surface area (Å²) in [6.07, 6.45) is 3.25. The van der Waals surface area contributed by atoms with Gasteiger partial charge in [-0.15, -0.1) is 0 Å². The Bertz CT molecular complexity index is 611. The molecule has 96 valence electrons. The minimum Gasteiger partial charge on any atom is -0.321 e. The third kappa shape index (κ3) is 4.23. The lowest BCUT2D eigenvalue weighted by molar-refractivity contribution is -0.111. The first-order valence-corrected chi connectivity index (χ1v) is 6.81. The zero-order valence-electron chi connectivity index (χ0n) is 9.94. The molecule has 1 amide bonds. The molecule has 0 spiro atoms. The van der Waals surface area contributed by atoms with Crippen LogP contribution in [0, 0.1) is 0 Å². The lowest BCUT2D eigenvalue weighted by Gasteiger charge is -2.05. The number of halogens is 2. The van der Waals surface area contributed by atoms with Gasteiger partial charge in [-0.2, -0.15) is 0 Å². The third-order valence-corrected chi connectivity index (χ3v) is 3.34. The quantitative estimate of drug-likeness (QED) is 0.805. The van der Waals surface area contributed by atoms with Crippen molar-refractivity contribution >= 4 is 45.2 Å². The molecule has 0 fully saturated rings.